The van der Waals surface area contributed by atoms with Gasteiger partial charge in [-0.25, -0.2) is 4.79 Å². The van der Waals surface area contributed by atoms with E-state index in [1.54, 1.807) is 0 Å². The fraction of sp³-hybridized carbons (Fsp3) is 0.391. The van der Waals surface area contributed by atoms with Crippen LogP contribution in [0.4, 0.5) is 0 Å². The van der Waals surface area contributed by atoms with Crippen LogP contribution in [-0.4, -0.2) is 46.9 Å². The molecular weight excluding hydrogens is 406 g/mol. The molecule has 0 aromatic heterocycles. The molecule has 2 aromatic rings. The predicted octanol–water partition coefficient (Wildman–Crippen LogP) is 3.44. The highest BCUT2D eigenvalue weighted by Gasteiger charge is 2.27. The fourth-order valence-electron chi connectivity index (χ4n) is 3.59. The van der Waals surface area contributed by atoms with Gasteiger partial charge in [-0.15, -0.1) is 0 Å². The summed E-state index contributed by atoms with van der Waals surface area (Å²) in [7, 11) is 0. The van der Waals surface area contributed by atoms with Crippen molar-refractivity contribution in [1.82, 2.24) is 5.32 Å². The van der Waals surface area contributed by atoms with E-state index in [1.807, 2.05) is 48.5 Å². The van der Waals surface area contributed by atoms with Crippen molar-refractivity contribution in [3.05, 3.63) is 59.1 Å². The van der Waals surface area contributed by atoms with E-state index < -0.39 is 24.2 Å². The van der Waals surface area contributed by atoms with Crippen LogP contribution in [-0.2, 0) is 20.7 Å². The Labute approximate surface area is 180 Å². The Hall–Kier alpha value is -2.41. The van der Waals surface area contributed by atoms with E-state index in [9.17, 15) is 14.7 Å². The van der Waals surface area contributed by atoms with Crippen LogP contribution in [0.1, 0.15) is 31.2 Å². The first-order chi connectivity index (χ1) is 14.4. The van der Waals surface area contributed by atoms with E-state index in [-0.39, 0.29) is 12.3 Å². The Morgan fingerprint density at radius 3 is 2.53 bits per heavy atom. The van der Waals surface area contributed by atoms with Crippen molar-refractivity contribution in [3.63, 3.8) is 0 Å². The van der Waals surface area contributed by atoms with Crippen LogP contribution in [0.3, 0.4) is 0 Å². The Bertz CT molecular complexity index is 864. The second-order valence-electron chi connectivity index (χ2n) is 7.56. The topological polar surface area (TPSA) is 95.9 Å². The lowest BCUT2D eigenvalue weighted by molar-refractivity contribution is -0.148. The summed E-state index contributed by atoms with van der Waals surface area (Å²) in [4.78, 5) is 23.6. The number of carbonyl (C=O) groups is 2. The van der Waals surface area contributed by atoms with Crippen LogP contribution < -0.4 is 5.32 Å². The molecule has 1 saturated heterocycles. The monoisotopic (exact) mass is 431 g/mol. The smallest absolute Gasteiger partial charge is 0.332 e. The third-order valence-corrected chi connectivity index (χ3v) is 5.44. The van der Waals surface area contributed by atoms with Gasteiger partial charge in [0.15, 0.2) is 6.10 Å². The van der Waals surface area contributed by atoms with Gasteiger partial charge in [0.05, 0.1) is 0 Å². The molecule has 6 nitrogen and oxygen atoms in total. The summed E-state index contributed by atoms with van der Waals surface area (Å²) in [6, 6.07) is 14.8. The van der Waals surface area contributed by atoms with Gasteiger partial charge in [0, 0.05) is 24.1 Å². The maximum atomic E-state index is 12.5. The number of hydrogen-bond acceptors (Lipinski definition) is 4. The molecule has 1 amide bonds. The lowest BCUT2D eigenvalue weighted by Crippen LogP contribution is -2.46. The lowest BCUT2D eigenvalue weighted by Gasteiger charge is -2.26. The standard InChI is InChI=1S/C23H26ClNO5/c24-18-5-3-4-17(13-18)16-9-7-15(8-10-16)12-19(14-20(26)23(28)29)25-22(27)21-6-1-2-11-30-21/h3-5,7-10,13,19-21,26H,1-2,6,11-12,14H2,(H,25,27)(H,28,29)/t19-,20-,21?/m1/s1. The highest BCUT2D eigenvalue weighted by atomic mass is 35.5. The number of amides is 1. The number of rotatable bonds is 8. The van der Waals surface area contributed by atoms with Crippen molar-refractivity contribution < 1.29 is 24.5 Å². The molecule has 7 heteroatoms. The summed E-state index contributed by atoms with van der Waals surface area (Å²) in [6.07, 6.45) is 0.758. The summed E-state index contributed by atoms with van der Waals surface area (Å²) in [5.41, 5.74) is 2.92. The second kappa shape index (κ2) is 10.6. The average molecular weight is 432 g/mol. The molecule has 1 aliphatic heterocycles. The van der Waals surface area contributed by atoms with Gasteiger partial charge in [-0.05, 0) is 54.5 Å². The molecule has 30 heavy (non-hydrogen) atoms. The molecule has 3 rings (SSSR count). The molecule has 0 aliphatic carbocycles. The van der Waals surface area contributed by atoms with Gasteiger partial charge in [-0.2, -0.15) is 0 Å². The van der Waals surface area contributed by atoms with Crippen LogP contribution in [0.15, 0.2) is 48.5 Å². The number of aliphatic hydroxyl groups is 1. The molecule has 0 spiro atoms. The Morgan fingerprint density at radius 1 is 1.13 bits per heavy atom. The number of halogens is 1. The number of aliphatic carboxylic acids is 1. The number of nitrogens with one attached hydrogen (secondary N) is 1. The number of ether oxygens (including phenoxy) is 1. The van der Waals surface area contributed by atoms with E-state index >= 15 is 0 Å². The molecule has 1 unspecified atom stereocenters. The molecule has 1 aliphatic rings. The average Bonchev–Trinajstić information content (AvgIpc) is 2.74. The van der Waals surface area contributed by atoms with E-state index in [4.69, 9.17) is 21.4 Å². The van der Waals surface area contributed by atoms with E-state index in [1.165, 1.54) is 0 Å². The summed E-state index contributed by atoms with van der Waals surface area (Å²) in [6.45, 7) is 0.547. The van der Waals surface area contributed by atoms with E-state index in [2.05, 4.69) is 5.32 Å². The first-order valence-corrected chi connectivity index (χ1v) is 10.5. The Morgan fingerprint density at radius 2 is 1.90 bits per heavy atom. The third kappa shape index (κ3) is 6.29. The first kappa shape index (κ1) is 22.3. The van der Waals surface area contributed by atoms with Crippen molar-refractivity contribution in [2.24, 2.45) is 0 Å². The molecule has 1 heterocycles. The van der Waals surface area contributed by atoms with Gasteiger partial charge in [0.1, 0.15) is 6.10 Å². The van der Waals surface area contributed by atoms with Crippen LogP contribution in [0.2, 0.25) is 5.02 Å². The molecule has 0 bridgehead atoms. The zero-order valence-electron chi connectivity index (χ0n) is 16.6. The van der Waals surface area contributed by atoms with Gasteiger partial charge in [-0.3, -0.25) is 4.79 Å². The van der Waals surface area contributed by atoms with Gasteiger partial charge in [0.25, 0.3) is 0 Å². The quantitative estimate of drug-likeness (QED) is 0.595. The molecular formula is C23H26ClNO5. The molecule has 160 valence electrons. The predicted molar refractivity (Wildman–Crippen MR) is 114 cm³/mol. The zero-order chi connectivity index (χ0) is 21.5. The molecule has 0 radical (unpaired) electrons. The van der Waals surface area contributed by atoms with Crippen molar-refractivity contribution in [2.75, 3.05) is 6.61 Å². The summed E-state index contributed by atoms with van der Waals surface area (Å²) < 4.78 is 5.52. The van der Waals surface area contributed by atoms with Crippen molar-refractivity contribution in [3.8, 4) is 11.1 Å². The van der Waals surface area contributed by atoms with Gasteiger partial charge >= 0.3 is 5.97 Å². The molecule has 2 aromatic carbocycles. The van der Waals surface area contributed by atoms with Crippen molar-refractivity contribution in [2.45, 2.75) is 50.4 Å². The molecule has 3 atom stereocenters. The summed E-state index contributed by atoms with van der Waals surface area (Å²) in [5.74, 6) is -1.56. The van der Waals surface area contributed by atoms with E-state index in [0.29, 0.717) is 24.5 Å². The van der Waals surface area contributed by atoms with Gasteiger partial charge in [0.2, 0.25) is 5.91 Å². The Kier molecular flexibility index (Phi) is 7.85. The SMILES string of the molecule is O=C(N[C@H](Cc1ccc(-c2cccc(Cl)c2)cc1)C[C@@H](O)C(=O)O)C1CCCCO1. The Balaban J connectivity index is 1.69. The van der Waals surface area contributed by atoms with E-state index in [0.717, 1.165) is 29.5 Å². The van der Waals surface area contributed by atoms with Gasteiger partial charge < -0.3 is 20.3 Å². The summed E-state index contributed by atoms with van der Waals surface area (Å²) >= 11 is 6.06. The van der Waals surface area contributed by atoms with Crippen LogP contribution in [0, 0.1) is 0 Å². The number of carboxylic acids is 1. The van der Waals surface area contributed by atoms with Crippen LogP contribution in [0.5, 0.6) is 0 Å². The normalized spacial score (nSPS) is 18.4. The second-order valence-corrected chi connectivity index (χ2v) is 8.00. The third-order valence-electron chi connectivity index (χ3n) is 5.21. The lowest BCUT2D eigenvalue weighted by atomic mass is 9.97. The zero-order valence-corrected chi connectivity index (χ0v) is 17.3. The van der Waals surface area contributed by atoms with Crippen molar-refractivity contribution in [1.29, 1.82) is 0 Å². The fourth-order valence-corrected chi connectivity index (χ4v) is 3.78. The van der Waals surface area contributed by atoms with Crippen LogP contribution >= 0.6 is 11.6 Å². The summed E-state index contributed by atoms with van der Waals surface area (Å²) in [5, 5.41) is 22.4. The molecule has 0 saturated carbocycles. The minimum atomic E-state index is -1.55. The minimum absolute atomic E-state index is 0.0795. The van der Waals surface area contributed by atoms with Gasteiger partial charge in [-0.1, -0.05) is 48.0 Å². The highest BCUT2D eigenvalue weighted by molar-refractivity contribution is 6.30. The number of aliphatic hydroxyl groups excluding tert-OH is 1. The van der Waals surface area contributed by atoms with Crippen molar-refractivity contribution >= 4 is 23.5 Å². The number of benzene rings is 2. The molecule has 3 N–H and O–H groups in total. The number of carboxylic acid groups (broad SMARTS) is 1. The minimum Gasteiger partial charge on any atom is -0.479 e. The number of hydrogen-bond donors (Lipinski definition) is 3. The highest BCUT2D eigenvalue weighted by Crippen LogP contribution is 2.23. The largest absolute Gasteiger partial charge is 0.479 e. The first-order valence-electron chi connectivity index (χ1n) is 10.1. The van der Waals surface area contributed by atoms with Crippen LogP contribution in [0.25, 0.3) is 11.1 Å². The maximum Gasteiger partial charge on any atom is 0.332 e. The maximum absolute atomic E-state index is 12.5. The number of carbonyl (C=O) groups excluding carboxylic acids is 1. The molecule has 1 fully saturated rings.